The molecule has 0 saturated carbocycles. The number of hydrogen-bond donors (Lipinski definition) is 1. The van der Waals surface area contributed by atoms with E-state index in [-0.39, 0.29) is 6.04 Å². The predicted octanol–water partition coefficient (Wildman–Crippen LogP) is 2.63. The summed E-state index contributed by atoms with van der Waals surface area (Å²) in [4.78, 5) is 14.8. The molecule has 1 aliphatic rings. The van der Waals surface area contributed by atoms with E-state index in [4.69, 9.17) is 5.11 Å². The summed E-state index contributed by atoms with van der Waals surface area (Å²) in [5.41, 5.74) is 1.25. The zero-order valence-electron chi connectivity index (χ0n) is 10.3. The van der Waals surface area contributed by atoms with Crippen LogP contribution in [-0.2, 0) is 6.54 Å². The Morgan fingerprint density at radius 3 is 2.89 bits per heavy atom. The Balaban J connectivity index is 1.95. The third-order valence-corrected chi connectivity index (χ3v) is 3.75. The van der Waals surface area contributed by atoms with Crippen LogP contribution in [0.2, 0.25) is 0 Å². The average Bonchev–Trinajstić information content (AvgIpc) is 2.28. The standard InChI is InChI=1S/C13H17BrN2O2/c1-10-8-15(5-6-16(10)13(17)18)9-11-3-2-4-12(14)7-11/h2-4,7,10H,5-6,8-9H2,1H3,(H,17,18)/t10-/m0/s1. The molecule has 1 amide bonds. The van der Waals surface area contributed by atoms with Crippen molar-refractivity contribution >= 4 is 22.0 Å². The summed E-state index contributed by atoms with van der Waals surface area (Å²) >= 11 is 3.46. The summed E-state index contributed by atoms with van der Waals surface area (Å²) in [5, 5.41) is 9.02. The lowest BCUT2D eigenvalue weighted by Crippen LogP contribution is -2.53. The quantitative estimate of drug-likeness (QED) is 0.913. The highest BCUT2D eigenvalue weighted by atomic mass is 79.9. The number of amides is 1. The van der Waals surface area contributed by atoms with Crippen LogP contribution >= 0.6 is 15.9 Å². The summed E-state index contributed by atoms with van der Waals surface area (Å²) in [5.74, 6) is 0. The van der Waals surface area contributed by atoms with Crippen LogP contribution in [0.25, 0.3) is 0 Å². The summed E-state index contributed by atoms with van der Waals surface area (Å²) in [6.07, 6.45) is -0.815. The van der Waals surface area contributed by atoms with E-state index in [0.717, 1.165) is 24.1 Å². The van der Waals surface area contributed by atoms with Crippen molar-refractivity contribution in [2.24, 2.45) is 0 Å². The minimum Gasteiger partial charge on any atom is -0.465 e. The molecule has 1 heterocycles. The smallest absolute Gasteiger partial charge is 0.407 e. The van der Waals surface area contributed by atoms with Gasteiger partial charge in [0.25, 0.3) is 0 Å². The largest absolute Gasteiger partial charge is 0.465 e. The molecule has 0 aromatic heterocycles. The number of piperazine rings is 1. The van der Waals surface area contributed by atoms with Crippen molar-refractivity contribution in [2.75, 3.05) is 19.6 Å². The van der Waals surface area contributed by atoms with E-state index in [1.54, 1.807) is 0 Å². The molecule has 0 unspecified atom stereocenters. The molecular formula is C13H17BrN2O2. The fourth-order valence-corrected chi connectivity index (χ4v) is 2.80. The van der Waals surface area contributed by atoms with Crippen molar-refractivity contribution in [1.82, 2.24) is 9.80 Å². The Morgan fingerprint density at radius 2 is 2.28 bits per heavy atom. The van der Waals surface area contributed by atoms with E-state index in [0.29, 0.717) is 6.54 Å². The van der Waals surface area contributed by atoms with Gasteiger partial charge in [-0.1, -0.05) is 28.1 Å². The van der Waals surface area contributed by atoms with E-state index in [1.165, 1.54) is 10.5 Å². The summed E-state index contributed by atoms with van der Waals surface area (Å²) in [6.45, 7) is 5.00. The summed E-state index contributed by atoms with van der Waals surface area (Å²) < 4.78 is 1.08. The second-order valence-electron chi connectivity index (χ2n) is 4.69. The van der Waals surface area contributed by atoms with Gasteiger partial charge in [-0.3, -0.25) is 4.90 Å². The molecule has 98 valence electrons. The first kappa shape index (κ1) is 13.4. The van der Waals surface area contributed by atoms with Crippen molar-refractivity contribution in [1.29, 1.82) is 0 Å². The van der Waals surface area contributed by atoms with Crippen LogP contribution in [0.5, 0.6) is 0 Å². The second kappa shape index (κ2) is 5.71. The highest BCUT2D eigenvalue weighted by Gasteiger charge is 2.26. The number of halogens is 1. The van der Waals surface area contributed by atoms with Gasteiger partial charge in [0.15, 0.2) is 0 Å². The first-order valence-electron chi connectivity index (χ1n) is 6.02. The normalized spacial score (nSPS) is 21.0. The molecule has 4 nitrogen and oxygen atoms in total. The molecule has 1 N–H and O–H groups in total. The maximum Gasteiger partial charge on any atom is 0.407 e. The number of nitrogens with zero attached hydrogens (tertiary/aromatic N) is 2. The van der Waals surface area contributed by atoms with Gasteiger partial charge >= 0.3 is 6.09 Å². The van der Waals surface area contributed by atoms with Crippen LogP contribution in [0.3, 0.4) is 0 Å². The highest BCUT2D eigenvalue weighted by molar-refractivity contribution is 9.10. The molecule has 5 heteroatoms. The molecule has 1 atom stereocenters. The number of carbonyl (C=O) groups is 1. The fourth-order valence-electron chi connectivity index (χ4n) is 2.35. The van der Waals surface area contributed by atoms with Gasteiger partial charge in [0, 0.05) is 36.7 Å². The third-order valence-electron chi connectivity index (χ3n) is 3.25. The molecule has 0 radical (unpaired) electrons. The van der Waals surface area contributed by atoms with Crippen molar-refractivity contribution in [3.63, 3.8) is 0 Å². The Labute approximate surface area is 115 Å². The van der Waals surface area contributed by atoms with Crippen molar-refractivity contribution in [3.05, 3.63) is 34.3 Å². The summed E-state index contributed by atoms with van der Waals surface area (Å²) in [7, 11) is 0. The minimum atomic E-state index is -0.815. The molecule has 18 heavy (non-hydrogen) atoms. The van der Waals surface area contributed by atoms with Crippen LogP contribution in [-0.4, -0.2) is 46.7 Å². The first-order valence-corrected chi connectivity index (χ1v) is 6.82. The lowest BCUT2D eigenvalue weighted by Gasteiger charge is -2.38. The first-order chi connectivity index (χ1) is 8.56. The highest BCUT2D eigenvalue weighted by Crippen LogP contribution is 2.16. The van der Waals surface area contributed by atoms with Crippen molar-refractivity contribution in [2.45, 2.75) is 19.5 Å². The topological polar surface area (TPSA) is 43.8 Å². The lowest BCUT2D eigenvalue weighted by molar-refractivity contribution is 0.0711. The maximum absolute atomic E-state index is 11.0. The molecule has 0 aliphatic carbocycles. The van der Waals surface area contributed by atoms with Crippen LogP contribution in [0.15, 0.2) is 28.7 Å². The van der Waals surface area contributed by atoms with Crippen LogP contribution < -0.4 is 0 Å². The molecule has 1 saturated heterocycles. The molecular weight excluding hydrogens is 296 g/mol. The zero-order valence-corrected chi connectivity index (χ0v) is 11.9. The Hall–Kier alpha value is -1.07. The SMILES string of the molecule is C[C@H]1CN(Cc2cccc(Br)c2)CCN1C(=O)O. The number of benzene rings is 1. The molecule has 1 aromatic carbocycles. The number of hydrogen-bond acceptors (Lipinski definition) is 2. The van der Waals surface area contributed by atoms with E-state index < -0.39 is 6.09 Å². The molecule has 0 bridgehead atoms. The van der Waals surface area contributed by atoms with Gasteiger partial charge in [-0.2, -0.15) is 0 Å². The predicted molar refractivity (Wildman–Crippen MR) is 73.6 cm³/mol. The monoisotopic (exact) mass is 312 g/mol. The Kier molecular flexibility index (Phi) is 4.24. The average molecular weight is 313 g/mol. The third kappa shape index (κ3) is 3.23. The Bertz CT molecular complexity index is 439. The van der Waals surface area contributed by atoms with E-state index in [1.807, 2.05) is 19.1 Å². The number of rotatable bonds is 2. The summed E-state index contributed by atoms with van der Waals surface area (Å²) in [6, 6.07) is 8.29. The maximum atomic E-state index is 11.0. The van der Waals surface area contributed by atoms with Gasteiger partial charge in [0.1, 0.15) is 0 Å². The van der Waals surface area contributed by atoms with Gasteiger partial charge in [0.05, 0.1) is 0 Å². The second-order valence-corrected chi connectivity index (χ2v) is 5.61. The zero-order chi connectivity index (χ0) is 13.1. The van der Waals surface area contributed by atoms with Gasteiger partial charge in [-0.05, 0) is 24.6 Å². The molecule has 1 aromatic rings. The van der Waals surface area contributed by atoms with Crippen molar-refractivity contribution in [3.8, 4) is 0 Å². The molecule has 2 rings (SSSR count). The van der Waals surface area contributed by atoms with Gasteiger partial charge in [0.2, 0.25) is 0 Å². The van der Waals surface area contributed by atoms with Crippen LogP contribution in [0.4, 0.5) is 4.79 Å². The Morgan fingerprint density at radius 1 is 1.50 bits per heavy atom. The molecule has 0 spiro atoms. The van der Waals surface area contributed by atoms with E-state index >= 15 is 0 Å². The van der Waals surface area contributed by atoms with Crippen LogP contribution in [0, 0.1) is 0 Å². The van der Waals surface area contributed by atoms with E-state index in [9.17, 15) is 4.79 Å². The number of carboxylic acid groups (broad SMARTS) is 1. The van der Waals surface area contributed by atoms with Crippen LogP contribution in [0.1, 0.15) is 12.5 Å². The molecule has 1 fully saturated rings. The fraction of sp³-hybridized carbons (Fsp3) is 0.462. The molecule has 1 aliphatic heterocycles. The van der Waals surface area contributed by atoms with Gasteiger partial charge in [-0.15, -0.1) is 0 Å². The van der Waals surface area contributed by atoms with Crippen molar-refractivity contribution < 1.29 is 9.90 Å². The minimum absolute atomic E-state index is 0.0587. The lowest BCUT2D eigenvalue weighted by atomic mass is 10.1. The van der Waals surface area contributed by atoms with Gasteiger partial charge in [-0.25, -0.2) is 4.79 Å². The van der Waals surface area contributed by atoms with E-state index in [2.05, 4.69) is 33.0 Å². The van der Waals surface area contributed by atoms with Gasteiger partial charge < -0.3 is 10.0 Å².